The molecule has 2 amide bonds. The summed E-state index contributed by atoms with van der Waals surface area (Å²) < 4.78 is 0. The first-order valence-corrected chi connectivity index (χ1v) is 8.14. The second kappa shape index (κ2) is 7.36. The predicted molar refractivity (Wildman–Crippen MR) is 84.9 cm³/mol. The van der Waals surface area contributed by atoms with Crippen LogP contribution >= 0.6 is 11.8 Å². The van der Waals surface area contributed by atoms with Crippen molar-refractivity contribution in [1.82, 2.24) is 4.90 Å². The Bertz CT molecular complexity index is 515. The monoisotopic (exact) mass is 308 g/mol. The molecule has 0 aliphatic carbocycles. The van der Waals surface area contributed by atoms with Gasteiger partial charge in [-0.2, -0.15) is 11.8 Å². The highest BCUT2D eigenvalue weighted by atomic mass is 32.2. The van der Waals surface area contributed by atoms with Crippen molar-refractivity contribution in [2.75, 3.05) is 23.9 Å². The second-order valence-electron chi connectivity index (χ2n) is 5.15. The molecule has 1 heterocycles. The lowest BCUT2D eigenvalue weighted by Gasteiger charge is -2.24. The number of aliphatic carboxylic acids is 1. The van der Waals surface area contributed by atoms with Crippen molar-refractivity contribution >= 4 is 29.4 Å². The number of aryl methyl sites for hydroxylation is 1. The van der Waals surface area contributed by atoms with E-state index in [1.165, 1.54) is 0 Å². The van der Waals surface area contributed by atoms with Gasteiger partial charge in [0.05, 0.1) is 0 Å². The number of carbonyl (C=O) groups is 2. The van der Waals surface area contributed by atoms with Gasteiger partial charge in [0, 0.05) is 31.0 Å². The lowest BCUT2D eigenvalue weighted by atomic mass is 10.1. The van der Waals surface area contributed by atoms with Gasteiger partial charge in [0.15, 0.2) is 0 Å². The van der Waals surface area contributed by atoms with E-state index in [0.29, 0.717) is 18.2 Å². The van der Waals surface area contributed by atoms with Crippen LogP contribution in [0.4, 0.5) is 10.5 Å². The van der Waals surface area contributed by atoms with Crippen LogP contribution in [0.2, 0.25) is 0 Å². The van der Waals surface area contributed by atoms with Crippen LogP contribution in [0.25, 0.3) is 0 Å². The summed E-state index contributed by atoms with van der Waals surface area (Å²) >= 11 is 1.87. The molecule has 2 rings (SSSR count). The molecule has 0 radical (unpaired) electrons. The van der Waals surface area contributed by atoms with Gasteiger partial charge in [-0.1, -0.05) is 12.1 Å². The number of rotatable bonds is 5. The third kappa shape index (κ3) is 4.67. The average molecular weight is 308 g/mol. The van der Waals surface area contributed by atoms with Crippen LogP contribution in [0.5, 0.6) is 0 Å². The molecule has 1 aliphatic heterocycles. The topological polar surface area (TPSA) is 69.6 Å². The van der Waals surface area contributed by atoms with Gasteiger partial charge >= 0.3 is 12.0 Å². The summed E-state index contributed by atoms with van der Waals surface area (Å²) in [7, 11) is 1.82. The summed E-state index contributed by atoms with van der Waals surface area (Å²) in [6.07, 6.45) is 1.60. The van der Waals surface area contributed by atoms with Crippen molar-refractivity contribution in [3.63, 3.8) is 0 Å². The van der Waals surface area contributed by atoms with Crippen LogP contribution < -0.4 is 5.32 Å². The molecule has 1 saturated heterocycles. The summed E-state index contributed by atoms with van der Waals surface area (Å²) in [5.74, 6) is 1.28. The number of thioether (sulfide) groups is 1. The van der Waals surface area contributed by atoms with Crippen LogP contribution in [0.1, 0.15) is 18.4 Å². The standard InChI is InChI=1S/C15H20N2O3S/c1-17(13-7-8-21-10-13)15(20)16-12-4-2-3-11(9-12)5-6-14(18)19/h2-4,9,13H,5-8,10H2,1H3,(H,16,20)(H,18,19). The molecule has 114 valence electrons. The molecule has 1 atom stereocenters. The number of nitrogens with one attached hydrogen (secondary N) is 1. The Morgan fingerprint density at radius 2 is 2.29 bits per heavy atom. The Labute approximate surface area is 128 Å². The first-order valence-electron chi connectivity index (χ1n) is 6.98. The van der Waals surface area contributed by atoms with Crippen LogP contribution in [-0.4, -0.2) is 46.6 Å². The number of amides is 2. The van der Waals surface area contributed by atoms with Gasteiger partial charge < -0.3 is 15.3 Å². The zero-order valence-corrected chi connectivity index (χ0v) is 12.9. The number of carbonyl (C=O) groups excluding carboxylic acids is 1. The third-order valence-corrected chi connectivity index (χ3v) is 4.72. The third-order valence-electron chi connectivity index (χ3n) is 3.58. The zero-order valence-electron chi connectivity index (χ0n) is 12.0. The van der Waals surface area contributed by atoms with Crippen molar-refractivity contribution in [1.29, 1.82) is 0 Å². The van der Waals surface area contributed by atoms with E-state index < -0.39 is 5.97 Å². The number of nitrogens with zero attached hydrogens (tertiary/aromatic N) is 1. The molecule has 1 aromatic rings. The normalized spacial score (nSPS) is 17.5. The van der Waals surface area contributed by atoms with Gasteiger partial charge in [-0.15, -0.1) is 0 Å². The summed E-state index contributed by atoms with van der Waals surface area (Å²) in [4.78, 5) is 24.5. The first kappa shape index (κ1) is 15.7. The van der Waals surface area contributed by atoms with Crippen LogP contribution in [0.3, 0.4) is 0 Å². The molecular weight excluding hydrogens is 288 g/mol. The molecule has 1 unspecified atom stereocenters. The highest BCUT2D eigenvalue weighted by molar-refractivity contribution is 7.99. The molecule has 0 bridgehead atoms. The van der Waals surface area contributed by atoms with Crippen LogP contribution in [0, 0.1) is 0 Å². The number of urea groups is 1. The molecule has 0 spiro atoms. The highest BCUT2D eigenvalue weighted by Crippen LogP contribution is 2.22. The molecule has 1 aliphatic rings. The van der Waals surface area contributed by atoms with Gasteiger partial charge in [-0.05, 0) is 36.3 Å². The SMILES string of the molecule is CN(C(=O)Nc1cccc(CCC(=O)O)c1)C1CCSC1. The minimum absolute atomic E-state index is 0.0938. The van der Waals surface area contributed by atoms with Crippen molar-refractivity contribution < 1.29 is 14.7 Å². The Kier molecular flexibility index (Phi) is 5.50. The molecule has 21 heavy (non-hydrogen) atoms. The van der Waals surface area contributed by atoms with Gasteiger partial charge in [0.2, 0.25) is 0 Å². The van der Waals surface area contributed by atoms with Crippen molar-refractivity contribution in [3.8, 4) is 0 Å². The van der Waals surface area contributed by atoms with E-state index in [0.717, 1.165) is 23.5 Å². The van der Waals surface area contributed by atoms with E-state index in [1.54, 1.807) is 4.90 Å². The van der Waals surface area contributed by atoms with E-state index >= 15 is 0 Å². The maximum atomic E-state index is 12.2. The fourth-order valence-corrected chi connectivity index (χ4v) is 3.53. The van der Waals surface area contributed by atoms with Gasteiger partial charge in [-0.25, -0.2) is 4.79 Å². The Morgan fingerprint density at radius 3 is 2.95 bits per heavy atom. The van der Waals surface area contributed by atoms with E-state index in [1.807, 2.05) is 43.1 Å². The average Bonchev–Trinajstić information content (AvgIpc) is 2.98. The number of hydrogen-bond donors (Lipinski definition) is 2. The number of carboxylic acid groups (broad SMARTS) is 1. The molecule has 1 aromatic carbocycles. The van der Waals surface area contributed by atoms with Crippen molar-refractivity contribution in [2.45, 2.75) is 25.3 Å². The van der Waals surface area contributed by atoms with E-state index in [-0.39, 0.29) is 12.5 Å². The fourth-order valence-electron chi connectivity index (χ4n) is 2.26. The molecule has 0 saturated carbocycles. The van der Waals surface area contributed by atoms with Crippen molar-refractivity contribution in [3.05, 3.63) is 29.8 Å². The fraction of sp³-hybridized carbons (Fsp3) is 0.467. The number of hydrogen-bond acceptors (Lipinski definition) is 3. The largest absolute Gasteiger partial charge is 0.481 e. The molecule has 1 fully saturated rings. The molecular formula is C15H20N2O3S. The minimum Gasteiger partial charge on any atom is -0.481 e. The van der Waals surface area contributed by atoms with Crippen molar-refractivity contribution in [2.24, 2.45) is 0 Å². The van der Waals surface area contributed by atoms with Crippen LogP contribution in [0.15, 0.2) is 24.3 Å². The van der Waals surface area contributed by atoms with Gasteiger partial charge in [0.25, 0.3) is 0 Å². The summed E-state index contributed by atoms with van der Waals surface area (Å²) in [6, 6.07) is 7.54. The number of benzene rings is 1. The van der Waals surface area contributed by atoms with Crippen LogP contribution in [-0.2, 0) is 11.2 Å². The smallest absolute Gasteiger partial charge is 0.321 e. The first-order chi connectivity index (χ1) is 10.1. The molecule has 2 N–H and O–H groups in total. The summed E-state index contributed by atoms with van der Waals surface area (Å²) in [6.45, 7) is 0. The Balaban J connectivity index is 1.93. The predicted octanol–water partition coefficient (Wildman–Crippen LogP) is 2.67. The quantitative estimate of drug-likeness (QED) is 0.877. The lowest BCUT2D eigenvalue weighted by Crippen LogP contribution is -2.39. The Morgan fingerprint density at radius 1 is 1.48 bits per heavy atom. The maximum absolute atomic E-state index is 12.2. The van der Waals surface area contributed by atoms with Gasteiger partial charge in [-0.3, -0.25) is 4.79 Å². The molecule has 0 aromatic heterocycles. The molecule has 6 heteroatoms. The van der Waals surface area contributed by atoms with E-state index in [4.69, 9.17) is 5.11 Å². The van der Waals surface area contributed by atoms with Gasteiger partial charge in [0.1, 0.15) is 0 Å². The Hall–Kier alpha value is -1.69. The number of anilines is 1. The van der Waals surface area contributed by atoms with E-state index in [2.05, 4.69) is 5.32 Å². The van der Waals surface area contributed by atoms with E-state index in [9.17, 15) is 9.59 Å². The zero-order chi connectivity index (χ0) is 15.2. The maximum Gasteiger partial charge on any atom is 0.321 e. The summed E-state index contributed by atoms with van der Waals surface area (Å²) in [5, 5.41) is 11.6. The lowest BCUT2D eigenvalue weighted by molar-refractivity contribution is -0.136. The highest BCUT2D eigenvalue weighted by Gasteiger charge is 2.23. The second-order valence-corrected chi connectivity index (χ2v) is 6.30. The number of carboxylic acids is 1. The minimum atomic E-state index is -0.817. The summed E-state index contributed by atoms with van der Waals surface area (Å²) in [5.41, 5.74) is 1.62. The molecule has 5 nitrogen and oxygen atoms in total.